The maximum absolute atomic E-state index is 10.8. The predicted octanol–water partition coefficient (Wildman–Crippen LogP) is 1.97. The van der Waals surface area contributed by atoms with Gasteiger partial charge in [-0.3, -0.25) is 4.79 Å². The van der Waals surface area contributed by atoms with E-state index in [2.05, 4.69) is 4.98 Å². The van der Waals surface area contributed by atoms with E-state index < -0.39 is 12.2 Å². The maximum atomic E-state index is 10.8. The molecule has 0 aliphatic heterocycles. The van der Waals surface area contributed by atoms with E-state index in [0.717, 1.165) is 22.0 Å². The third kappa shape index (κ3) is 3.08. The molecule has 18 heavy (non-hydrogen) atoms. The van der Waals surface area contributed by atoms with E-state index >= 15 is 0 Å². The maximum Gasteiger partial charge on any atom is 0.185 e. The number of aliphatic hydroxyl groups is 2. The van der Waals surface area contributed by atoms with Gasteiger partial charge in [0.1, 0.15) is 6.10 Å². The van der Waals surface area contributed by atoms with Gasteiger partial charge in [-0.2, -0.15) is 0 Å². The highest BCUT2D eigenvalue weighted by molar-refractivity contribution is 8.13. The Hall–Kier alpha value is -0.950. The number of thioether (sulfide) groups is 1. The fourth-order valence-corrected chi connectivity index (χ4v) is 2.82. The third-order valence-corrected chi connectivity index (χ3v) is 4.24. The number of nitrogens with zero attached hydrogens (tertiary/aromatic N) is 1. The number of thiazole rings is 1. The topological polar surface area (TPSA) is 70.4 Å². The van der Waals surface area contributed by atoms with Gasteiger partial charge >= 0.3 is 0 Å². The molecule has 0 bridgehead atoms. The smallest absolute Gasteiger partial charge is 0.185 e. The van der Waals surface area contributed by atoms with Crippen LogP contribution in [0.1, 0.15) is 18.6 Å². The molecule has 0 radical (unpaired) electrons. The van der Waals surface area contributed by atoms with Crippen LogP contribution in [-0.2, 0) is 4.79 Å². The summed E-state index contributed by atoms with van der Waals surface area (Å²) in [5.74, 6) is 0.186. The fraction of sp³-hybridized carbons (Fsp3) is 0.333. The molecule has 0 saturated carbocycles. The Labute approximate surface area is 113 Å². The summed E-state index contributed by atoms with van der Waals surface area (Å²) < 4.78 is 1.04. The van der Waals surface area contributed by atoms with Crippen molar-refractivity contribution in [1.82, 2.24) is 4.98 Å². The Morgan fingerprint density at radius 2 is 2.28 bits per heavy atom. The van der Waals surface area contributed by atoms with Gasteiger partial charge in [-0.15, -0.1) is 11.3 Å². The van der Waals surface area contributed by atoms with E-state index in [4.69, 9.17) is 0 Å². The minimum atomic E-state index is -0.997. The number of rotatable bonds is 4. The van der Waals surface area contributed by atoms with E-state index in [1.807, 2.05) is 6.07 Å². The summed E-state index contributed by atoms with van der Waals surface area (Å²) in [6, 6.07) is 5.40. The average Bonchev–Trinajstić information content (AvgIpc) is 2.81. The van der Waals surface area contributed by atoms with E-state index in [0.29, 0.717) is 5.56 Å². The molecule has 4 nitrogen and oxygen atoms in total. The number of fused-ring (bicyclic) bond motifs is 1. The first-order valence-electron chi connectivity index (χ1n) is 5.40. The molecule has 2 N–H and O–H groups in total. The average molecular weight is 283 g/mol. The Morgan fingerprint density at radius 1 is 1.50 bits per heavy atom. The molecule has 0 fully saturated rings. The summed E-state index contributed by atoms with van der Waals surface area (Å²) in [7, 11) is 0. The van der Waals surface area contributed by atoms with Gasteiger partial charge in [0.25, 0.3) is 0 Å². The lowest BCUT2D eigenvalue weighted by Gasteiger charge is -2.17. The van der Waals surface area contributed by atoms with Gasteiger partial charge in [0.2, 0.25) is 0 Å². The lowest BCUT2D eigenvalue weighted by molar-refractivity contribution is -0.109. The Bertz CT molecular complexity index is 555. The first-order valence-corrected chi connectivity index (χ1v) is 7.27. The number of aromatic nitrogens is 1. The molecular formula is C12H13NO3S2. The normalized spacial score (nSPS) is 14.6. The molecule has 96 valence electrons. The summed E-state index contributed by atoms with van der Waals surface area (Å²) in [5, 5.41) is 19.7. The van der Waals surface area contributed by atoms with Crippen molar-refractivity contribution in [1.29, 1.82) is 0 Å². The number of hydrogen-bond donors (Lipinski definition) is 2. The molecule has 0 amide bonds. The minimum Gasteiger partial charge on any atom is -0.389 e. The van der Waals surface area contributed by atoms with Crippen LogP contribution in [0.2, 0.25) is 0 Å². The van der Waals surface area contributed by atoms with Crippen molar-refractivity contribution in [2.45, 2.75) is 19.1 Å². The van der Waals surface area contributed by atoms with Crippen molar-refractivity contribution >= 4 is 38.4 Å². The number of aliphatic hydroxyl groups excluding tert-OH is 2. The van der Waals surface area contributed by atoms with E-state index in [1.165, 1.54) is 18.3 Å². The van der Waals surface area contributed by atoms with Gasteiger partial charge in [-0.25, -0.2) is 4.98 Å². The Balaban J connectivity index is 2.11. The monoisotopic (exact) mass is 283 g/mol. The highest BCUT2D eigenvalue weighted by Crippen LogP contribution is 2.25. The fourth-order valence-electron chi connectivity index (χ4n) is 1.57. The van der Waals surface area contributed by atoms with Crippen LogP contribution >= 0.6 is 23.1 Å². The van der Waals surface area contributed by atoms with Gasteiger partial charge < -0.3 is 10.2 Å². The van der Waals surface area contributed by atoms with Crippen LogP contribution in [-0.4, -0.2) is 32.2 Å². The van der Waals surface area contributed by atoms with E-state index in [-0.39, 0.29) is 10.9 Å². The first kappa shape index (κ1) is 13.5. The van der Waals surface area contributed by atoms with Crippen LogP contribution in [0.3, 0.4) is 0 Å². The van der Waals surface area contributed by atoms with Gasteiger partial charge in [0, 0.05) is 12.7 Å². The highest BCUT2D eigenvalue weighted by Gasteiger charge is 2.19. The van der Waals surface area contributed by atoms with Crippen LogP contribution in [0.4, 0.5) is 0 Å². The summed E-state index contributed by atoms with van der Waals surface area (Å²) in [5.41, 5.74) is 3.16. The van der Waals surface area contributed by atoms with Gasteiger partial charge in [-0.05, 0) is 17.7 Å². The van der Waals surface area contributed by atoms with Crippen molar-refractivity contribution in [3.05, 3.63) is 29.3 Å². The summed E-state index contributed by atoms with van der Waals surface area (Å²) in [4.78, 5) is 15.0. The van der Waals surface area contributed by atoms with Crippen LogP contribution < -0.4 is 0 Å². The lowest BCUT2D eigenvalue weighted by Crippen LogP contribution is -2.21. The zero-order valence-corrected chi connectivity index (χ0v) is 11.4. The number of carbonyl (C=O) groups is 1. The summed E-state index contributed by atoms with van der Waals surface area (Å²) >= 11 is 2.53. The lowest BCUT2D eigenvalue weighted by atomic mass is 10.1. The zero-order chi connectivity index (χ0) is 13.1. The number of hydrogen-bond acceptors (Lipinski definition) is 6. The SMILES string of the molecule is CC(=O)SCC(O)C(O)c1ccc2scnc2c1. The van der Waals surface area contributed by atoms with Crippen molar-refractivity contribution in [3.8, 4) is 0 Å². The molecule has 0 spiro atoms. The molecular weight excluding hydrogens is 270 g/mol. The Kier molecular flexibility index (Phi) is 4.34. The molecule has 1 heterocycles. The van der Waals surface area contributed by atoms with Gasteiger partial charge in [0.15, 0.2) is 5.12 Å². The molecule has 2 atom stereocenters. The molecule has 6 heteroatoms. The van der Waals surface area contributed by atoms with E-state index in [1.54, 1.807) is 17.6 Å². The zero-order valence-electron chi connectivity index (χ0n) is 9.74. The second kappa shape index (κ2) is 5.79. The van der Waals surface area contributed by atoms with Gasteiger partial charge in [-0.1, -0.05) is 17.8 Å². The molecule has 0 aliphatic rings. The molecule has 1 aromatic heterocycles. The molecule has 1 aromatic carbocycles. The molecule has 2 aromatic rings. The van der Waals surface area contributed by atoms with Crippen molar-refractivity contribution in [2.24, 2.45) is 0 Å². The number of carbonyl (C=O) groups excluding carboxylic acids is 1. The first-order chi connectivity index (χ1) is 8.58. The molecule has 0 saturated heterocycles. The number of benzene rings is 1. The Morgan fingerprint density at radius 3 is 3.00 bits per heavy atom. The van der Waals surface area contributed by atoms with Crippen LogP contribution in [0, 0.1) is 0 Å². The van der Waals surface area contributed by atoms with Crippen LogP contribution in [0.15, 0.2) is 23.7 Å². The molecule has 2 unspecified atom stereocenters. The molecule has 0 aliphatic carbocycles. The largest absolute Gasteiger partial charge is 0.389 e. The second-order valence-electron chi connectivity index (χ2n) is 3.89. The van der Waals surface area contributed by atoms with Gasteiger partial charge in [0.05, 0.1) is 21.8 Å². The quantitative estimate of drug-likeness (QED) is 0.897. The van der Waals surface area contributed by atoms with Crippen LogP contribution in [0.25, 0.3) is 10.2 Å². The predicted molar refractivity (Wildman–Crippen MR) is 73.7 cm³/mol. The second-order valence-corrected chi connectivity index (χ2v) is 5.98. The third-order valence-electron chi connectivity index (χ3n) is 2.52. The standard InChI is InChI=1S/C12H13NO3S2/c1-7(14)17-5-10(15)12(16)8-2-3-11-9(4-8)13-6-18-11/h2-4,6,10,12,15-16H,5H2,1H3. The van der Waals surface area contributed by atoms with Crippen molar-refractivity contribution < 1.29 is 15.0 Å². The summed E-state index contributed by atoms with van der Waals surface area (Å²) in [6.45, 7) is 1.44. The van der Waals surface area contributed by atoms with Crippen molar-refractivity contribution in [2.75, 3.05) is 5.75 Å². The van der Waals surface area contributed by atoms with Crippen molar-refractivity contribution in [3.63, 3.8) is 0 Å². The molecule has 2 rings (SSSR count). The minimum absolute atomic E-state index is 0.0730. The van der Waals surface area contributed by atoms with Crippen LogP contribution in [0.5, 0.6) is 0 Å². The summed E-state index contributed by atoms with van der Waals surface area (Å²) in [6.07, 6.45) is -1.96. The highest BCUT2D eigenvalue weighted by atomic mass is 32.2. The van der Waals surface area contributed by atoms with E-state index in [9.17, 15) is 15.0 Å².